The molecule has 0 saturated carbocycles. The van der Waals surface area contributed by atoms with Crippen LogP contribution in [0.15, 0.2) is 27.6 Å². The van der Waals surface area contributed by atoms with Crippen molar-refractivity contribution in [2.75, 3.05) is 19.6 Å². The number of nitrogens with one attached hydrogen (secondary N) is 2. The minimum Gasteiger partial charge on any atom is -0.315 e. The van der Waals surface area contributed by atoms with Crippen molar-refractivity contribution < 1.29 is 8.42 Å². The Balaban J connectivity index is 2.66. The lowest BCUT2D eigenvalue weighted by atomic mass is 10.4. The van der Waals surface area contributed by atoms with Crippen molar-refractivity contribution in [3.05, 3.63) is 27.7 Å². The molecule has 0 aliphatic heterocycles. The van der Waals surface area contributed by atoms with Gasteiger partial charge in [0.1, 0.15) is 4.90 Å². The van der Waals surface area contributed by atoms with Gasteiger partial charge in [-0.25, -0.2) is 13.1 Å². The largest absolute Gasteiger partial charge is 0.315 e. The molecule has 102 valence electrons. The Bertz CT molecular complexity index is 494. The van der Waals surface area contributed by atoms with Gasteiger partial charge in [-0.15, -0.1) is 0 Å². The van der Waals surface area contributed by atoms with Gasteiger partial charge in [-0.05, 0) is 41.0 Å². The van der Waals surface area contributed by atoms with Crippen molar-refractivity contribution >= 4 is 37.6 Å². The molecule has 0 aromatic heterocycles. The van der Waals surface area contributed by atoms with Crippen molar-refractivity contribution in [1.82, 2.24) is 10.0 Å². The van der Waals surface area contributed by atoms with E-state index in [1.54, 1.807) is 12.1 Å². The highest BCUT2D eigenvalue weighted by atomic mass is 79.9. The molecular weight excluding hydrogens is 340 g/mol. The van der Waals surface area contributed by atoms with Crippen LogP contribution < -0.4 is 10.0 Å². The fraction of sp³-hybridized carbons (Fsp3) is 0.455. The lowest BCUT2D eigenvalue weighted by Crippen LogP contribution is -2.32. The zero-order valence-electron chi connectivity index (χ0n) is 10.0. The standard InChI is InChI=1S/C11H16BrClN2O2S/c1-2-6-14-7-8-15-18(16,17)10-5-3-4-9(12)11(10)13/h3-5,14-15H,2,6-8H2,1H3. The highest BCUT2D eigenvalue weighted by Gasteiger charge is 2.18. The van der Waals surface area contributed by atoms with Gasteiger partial charge in [0.15, 0.2) is 0 Å². The quantitative estimate of drug-likeness (QED) is 0.738. The third-order valence-corrected chi connectivity index (χ3v) is 5.14. The molecule has 0 amide bonds. The lowest BCUT2D eigenvalue weighted by molar-refractivity contribution is 0.575. The third-order valence-electron chi connectivity index (χ3n) is 2.23. The normalized spacial score (nSPS) is 11.7. The van der Waals surface area contributed by atoms with Crippen LogP contribution in [0.3, 0.4) is 0 Å². The Morgan fingerprint density at radius 3 is 2.67 bits per heavy atom. The van der Waals surface area contributed by atoms with Crippen LogP contribution in [0, 0.1) is 0 Å². The summed E-state index contributed by atoms with van der Waals surface area (Å²) in [6, 6.07) is 4.82. The van der Waals surface area contributed by atoms with E-state index in [1.165, 1.54) is 6.07 Å². The molecule has 0 unspecified atom stereocenters. The maximum absolute atomic E-state index is 12.0. The first-order chi connectivity index (χ1) is 8.49. The summed E-state index contributed by atoms with van der Waals surface area (Å²) in [5, 5.41) is 3.32. The van der Waals surface area contributed by atoms with Crippen molar-refractivity contribution in [1.29, 1.82) is 0 Å². The SMILES string of the molecule is CCCNCCNS(=O)(=O)c1cccc(Br)c1Cl. The number of benzene rings is 1. The van der Waals surface area contributed by atoms with Gasteiger partial charge in [0.25, 0.3) is 0 Å². The number of sulfonamides is 1. The summed E-state index contributed by atoms with van der Waals surface area (Å²) in [6.45, 7) is 3.86. The number of halogens is 2. The van der Waals surface area contributed by atoms with E-state index >= 15 is 0 Å². The average molecular weight is 356 g/mol. The van der Waals surface area contributed by atoms with Gasteiger partial charge in [-0.3, -0.25) is 0 Å². The molecule has 1 aromatic carbocycles. The molecule has 0 radical (unpaired) electrons. The first-order valence-electron chi connectivity index (χ1n) is 5.63. The molecule has 4 nitrogen and oxygen atoms in total. The predicted octanol–water partition coefficient (Wildman–Crippen LogP) is 2.38. The molecule has 0 aliphatic rings. The second-order valence-electron chi connectivity index (χ2n) is 3.70. The molecule has 18 heavy (non-hydrogen) atoms. The van der Waals surface area contributed by atoms with E-state index in [1.807, 2.05) is 0 Å². The van der Waals surface area contributed by atoms with Crippen LogP contribution in [0.25, 0.3) is 0 Å². The summed E-state index contributed by atoms with van der Waals surface area (Å²) in [6.07, 6.45) is 1.02. The summed E-state index contributed by atoms with van der Waals surface area (Å²) in [5.74, 6) is 0. The predicted molar refractivity (Wildman–Crippen MR) is 77.5 cm³/mol. The molecule has 0 aliphatic carbocycles. The minimum absolute atomic E-state index is 0.0917. The summed E-state index contributed by atoms with van der Waals surface area (Å²) >= 11 is 9.16. The third kappa shape index (κ3) is 4.51. The van der Waals surface area contributed by atoms with Gasteiger partial charge in [-0.1, -0.05) is 24.6 Å². The Kier molecular flexibility index (Phi) is 6.59. The van der Waals surface area contributed by atoms with E-state index < -0.39 is 10.0 Å². The van der Waals surface area contributed by atoms with Crippen LogP contribution in [0.1, 0.15) is 13.3 Å². The molecule has 2 N–H and O–H groups in total. The first kappa shape index (κ1) is 15.9. The van der Waals surface area contributed by atoms with E-state index in [-0.39, 0.29) is 9.92 Å². The van der Waals surface area contributed by atoms with E-state index in [2.05, 4.69) is 32.9 Å². The van der Waals surface area contributed by atoms with Crippen LogP contribution >= 0.6 is 27.5 Å². The number of hydrogen-bond donors (Lipinski definition) is 2. The Hall–Kier alpha value is -0.140. The molecule has 7 heteroatoms. The Morgan fingerprint density at radius 1 is 1.28 bits per heavy atom. The van der Waals surface area contributed by atoms with Crippen molar-refractivity contribution in [2.24, 2.45) is 0 Å². The molecule has 0 heterocycles. The van der Waals surface area contributed by atoms with Crippen molar-refractivity contribution in [3.63, 3.8) is 0 Å². The Morgan fingerprint density at radius 2 is 2.00 bits per heavy atom. The fourth-order valence-corrected chi connectivity index (χ4v) is 3.40. The molecule has 0 fully saturated rings. The van der Waals surface area contributed by atoms with Gasteiger partial charge in [0, 0.05) is 17.6 Å². The summed E-state index contributed by atoms with van der Waals surface area (Å²) in [5.41, 5.74) is 0. The van der Waals surface area contributed by atoms with Crippen LogP contribution in [-0.4, -0.2) is 28.1 Å². The minimum atomic E-state index is -3.55. The molecule has 0 saturated heterocycles. The molecule has 0 spiro atoms. The van der Waals surface area contributed by atoms with Gasteiger partial charge in [0.05, 0.1) is 5.02 Å². The van der Waals surface area contributed by atoms with Crippen molar-refractivity contribution in [2.45, 2.75) is 18.2 Å². The summed E-state index contributed by atoms with van der Waals surface area (Å²) in [7, 11) is -3.55. The van der Waals surface area contributed by atoms with E-state index in [4.69, 9.17) is 11.6 Å². The van der Waals surface area contributed by atoms with Gasteiger partial charge >= 0.3 is 0 Å². The second kappa shape index (κ2) is 7.45. The number of rotatable bonds is 7. The van der Waals surface area contributed by atoms with Gasteiger partial charge in [-0.2, -0.15) is 0 Å². The maximum atomic E-state index is 12.0. The smallest absolute Gasteiger partial charge is 0.242 e. The second-order valence-corrected chi connectivity index (χ2v) is 6.67. The highest BCUT2D eigenvalue weighted by molar-refractivity contribution is 9.10. The van der Waals surface area contributed by atoms with Crippen molar-refractivity contribution in [3.8, 4) is 0 Å². The molecule has 0 atom stereocenters. The van der Waals surface area contributed by atoms with Crippen LogP contribution in [0.5, 0.6) is 0 Å². The first-order valence-corrected chi connectivity index (χ1v) is 8.29. The molecule has 1 aromatic rings. The molecule has 1 rings (SSSR count). The monoisotopic (exact) mass is 354 g/mol. The fourth-order valence-electron chi connectivity index (χ4n) is 1.34. The average Bonchev–Trinajstić information content (AvgIpc) is 2.32. The van der Waals surface area contributed by atoms with Crippen LogP contribution in [-0.2, 0) is 10.0 Å². The van der Waals surface area contributed by atoms with Gasteiger partial charge in [0.2, 0.25) is 10.0 Å². The van der Waals surface area contributed by atoms with Gasteiger partial charge < -0.3 is 5.32 Å². The van der Waals surface area contributed by atoms with E-state index in [9.17, 15) is 8.42 Å². The Labute approximate surface area is 121 Å². The lowest BCUT2D eigenvalue weighted by Gasteiger charge is -2.09. The molecule has 0 bridgehead atoms. The van der Waals surface area contributed by atoms with Crippen LogP contribution in [0.2, 0.25) is 5.02 Å². The zero-order chi connectivity index (χ0) is 13.6. The van der Waals surface area contributed by atoms with Crippen LogP contribution in [0.4, 0.5) is 0 Å². The topological polar surface area (TPSA) is 58.2 Å². The maximum Gasteiger partial charge on any atom is 0.242 e. The van der Waals surface area contributed by atoms with E-state index in [0.29, 0.717) is 17.6 Å². The summed E-state index contributed by atoms with van der Waals surface area (Å²) in [4.78, 5) is 0.0917. The number of hydrogen-bond acceptors (Lipinski definition) is 3. The van der Waals surface area contributed by atoms with E-state index in [0.717, 1.165) is 13.0 Å². The molecular formula is C11H16BrClN2O2S. The highest BCUT2D eigenvalue weighted by Crippen LogP contribution is 2.28. The summed E-state index contributed by atoms with van der Waals surface area (Å²) < 4.78 is 27.1. The zero-order valence-corrected chi connectivity index (χ0v) is 13.2.